The number of para-hydroxylation sites is 1. The van der Waals surface area contributed by atoms with E-state index in [-0.39, 0.29) is 16.3 Å². The van der Waals surface area contributed by atoms with Crippen molar-refractivity contribution in [1.82, 2.24) is 10.6 Å². The molecule has 0 radical (unpaired) electrons. The lowest BCUT2D eigenvalue weighted by Gasteiger charge is -2.14. The summed E-state index contributed by atoms with van der Waals surface area (Å²) in [5.41, 5.74) is 0.0770. The van der Waals surface area contributed by atoms with E-state index in [1.807, 2.05) is 0 Å². The molecular weight excluding hydrogens is 452 g/mol. The van der Waals surface area contributed by atoms with Gasteiger partial charge in [-0.3, -0.25) is 19.2 Å². The number of halogens is 3. The van der Waals surface area contributed by atoms with Crippen molar-refractivity contribution in [2.75, 3.05) is 18.4 Å². The van der Waals surface area contributed by atoms with Crippen LogP contribution in [0, 0.1) is 5.82 Å². The molecule has 1 atom stereocenters. The van der Waals surface area contributed by atoms with Gasteiger partial charge in [0.1, 0.15) is 12.4 Å². The Morgan fingerprint density at radius 1 is 1.03 bits per heavy atom. The van der Waals surface area contributed by atoms with E-state index in [1.54, 1.807) is 0 Å². The number of hydrogen-bond donors (Lipinski definition) is 3. The van der Waals surface area contributed by atoms with E-state index in [1.165, 1.54) is 49.4 Å². The first kappa shape index (κ1) is 24.1. The predicted molar refractivity (Wildman–Crippen MR) is 112 cm³/mol. The molecule has 0 aliphatic rings. The molecule has 0 saturated heterocycles. The van der Waals surface area contributed by atoms with E-state index in [4.69, 9.17) is 27.9 Å². The molecule has 164 valence electrons. The maximum atomic E-state index is 13.5. The molecule has 0 aliphatic carbocycles. The highest BCUT2D eigenvalue weighted by molar-refractivity contribution is 6.36. The molecule has 1 unspecified atom stereocenters. The van der Waals surface area contributed by atoms with Crippen LogP contribution in [0.25, 0.3) is 0 Å². The lowest BCUT2D eigenvalue weighted by atomic mass is 10.2. The van der Waals surface area contributed by atoms with Gasteiger partial charge < -0.3 is 20.7 Å². The fraction of sp³-hybridized carbons (Fsp3) is 0.200. The van der Waals surface area contributed by atoms with E-state index in [0.29, 0.717) is 5.02 Å². The third-order valence-corrected chi connectivity index (χ3v) is 4.37. The predicted octanol–water partition coefficient (Wildman–Crippen LogP) is 2.55. The molecule has 31 heavy (non-hydrogen) atoms. The zero-order valence-electron chi connectivity index (χ0n) is 16.2. The highest BCUT2D eigenvalue weighted by atomic mass is 35.5. The number of carbonyl (C=O) groups excluding carboxylic acids is 4. The Balaban J connectivity index is 1.73. The summed E-state index contributed by atoms with van der Waals surface area (Å²) < 4.78 is 18.4. The summed E-state index contributed by atoms with van der Waals surface area (Å²) in [4.78, 5) is 47.6. The van der Waals surface area contributed by atoms with Crippen molar-refractivity contribution in [2.45, 2.75) is 13.0 Å². The molecule has 3 amide bonds. The van der Waals surface area contributed by atoms with E-state index < -0.39 is 48.7 Å². The van der Waals surface area contributed by atoms with Crippen molar-refractivity contribution in [1.29, 1.82) is 0 Å². The second-order valence-electron chi connectivity index (χ2n) is 6.18. The van der Waals surface area contributed by atoms with Crippen molar-refractivity contribution < 1.29 is 28.3 Å². The van der Waals surface area contributed by atoms with Gasteiger partial charge in [0.2, 0.25) is 5.91 Å². The SMILES string of the molecule is CC(OC(=O)CNC(=O)CNC(=O)c1ccc(Cl)cc1Cl)C(=O)Nc1ccccc1F. The lowest BCUT2D eigenvalue weighted by Crippen LogP contribution is -2.40. The molecule has 0 fully saturated rings. The minimum atomic E-state index is -1.23. The van der Waals surface area contributed by atoms with Crippen molar-refractivity contribution in [2.24, 2.45) is 0 Å². The fourth-order valence-corrected chi connectivity index (χ4v) is 2.75. The standard InChI is InChI=1S/C20H18Cl2FN3O5/c1-11(19(29)26-16-5-3-2-4-15(16)23)31-18(28)10-24-17(27)9-25-20(30)13-7-6-12(21)8-14(13)22/h2-8,11H,9-10H2,1H3,(H,24,27)(H,25,30)(H,26,29). The van der Waals surface area contributed by atoms with E-state index in [9.17, 15) is 23.6 Å². The largest absolute Gasteiger partial charge is 0.451 e. The third-order valence-electron chi connectivity index (χ3n) is 3.82. The summed E-state index contributed by atoms with van der Waals surface area (Å²) in [5.74, 6) is -3.53. The van der Waals surface area contributed by atoms with Crippen LogP contribution in [-0.4, -0.2) is 42.9 Å². The molecule has 0 spiro atoms. The Morgan fingerprint density at radius 2 is 1.74 bits per heavy atom. The summed E-state index contributed by atoms with van der Waals surface area (Å²) >= 11 is 11.7. The number of rotatable bonds is 8. The molecule has 0 bridgehead atoms. The van der Waals surface area contributed by atoms with Gasteiger partial charge in [-0.2, -0.15) is 0 Å². The minimum Gasteiger partial charge on any atom is -0.451 e. The van der Waals surface area contributed by atoms with Gasteiger partial charge in [0.15, 0.2) is 6.10 Å². The number of ether oxygens (including phenoxy) is 1. The van der Waals surface area contributed by atoms with Gasteiger partial charge in [-0.25, -0.2) is 4.39 Å². The van der Waals surface area contributed by atoms with Crippen LogP contribution in [0.4, 0.5) is 10.1 Å². The summed E-state index contributed by atoms with van der Waals surface area (Å²) in [6.45, 7) is 0.341. The molecule has 2 aromatic carbocycles. The Morgan fingerprint density at radius 3 is 2.42 bits per heavy atom. The maximum absolute atomic E-state index is 13.5. The molecule has 8 nitrogen and oxygen atoms in total. The second kappa shape index (κ2) is 11.3. The maximum Gasteiger partial charge on any atom is 0.326 e. The average Bonchev–Trinajstić information content (AvgIpc) is 2.72. The topological polar surface area (TPSA) is 114 Å². The number of hydrogen-bond acceptors (Lipinski definition) is 5. The summed E-state index contributed by atoms with van der Waals surface area (Å²) in [6.07, 6.45) is -1.23. The first-order chi connectivity index (χ1) is 14.7. The van der Waals surface area contributed by atoms with Crippen LogP contribution in [0.5, 0.6) is 0 Å². The van der Waals surface area contributed by atoms with E-state index >= 15 is 0 Å². The minimum absolute atomic E-state index is 0.0553. The molecule has 3 N–H and O–H groups in total. The van der Waals surface area contributed by atoms with Gasteiger partial charge in [0, 0.05) is 5.02 Å². The molecule has 11 heteroatoms. The average molecular weight is 470 g/mol. The zero-order valence-corrected chi connectivity index (χ0v) is 17.7. The van der Waals surface area contributed by atoms with E-state index in [0.717, 1.165) is 0 Å². The Kier molecular flexibility index (Phi) is 8.77. The Bertz CT molecular complexity index is 1000. The number of nitrogens with one attached hydrogen (secondary N) is 3. The van der Waals surface area contributed by atoms with Gasteiger partial charge in [-0.1, -0.05) is 35.3 Å². The quantitative estimate of drug-likeness (QED) is 0.514. The van der Waals surface area contributed by atoms with Crippen LogP contribution >= 0.6 is 23.2 Å². The van der Waals surface area contributed by atoms with Crippen LogP contribution in [0.15, 0.2) is 42.5 Å². The number of anilines is 1. The zero-order chi connectivity index (χ0) is 23.0. The van der Waals surface area contributed by atoms with Gasteiger partial charge in [0.25, 0.3) is 11.8 Å². The summed E-state index contributed by atoms with van der Waals surface area (Å²) in [7, 11) is 0. The van der Waals surface area contributed by atoms with Crippen molar-refractivity contribution >= 4 is 52.6 Å². The number of carbonyl (C=O) groups is 4. The first-order valence-electron chi connectivity index (χ1n) is 8.92. The van der Waals surface area contributed by atoms with Crippen LogP contribution in [0.1, 0.15) is 17.3 Å². The molecule has 2 aromatic rings. The molecule has 0 aliphatic heterocycles. The van der Waals surface area contributed by atoms with Crippen LogP contribution in [-0.2, 0) is 19.1 Å². The molecular formula is C20H18Cl2FN3O5. The van der Waals surface area contributed by atoms with Crippen molar-refractivity contribution in [3.63, 3.8) is 0 Å². The fourth-order valence-electron chi connectivity index (χ4n) is 2.25. The molecule has 0 heterocycles. The van der Waals surface area contributed by atoms with Gasteiger partial charge in [0.05, 0.1) is 22.8 Å². The van der Waals surface area contributed by atoms with Crippen LogP contribution in [0.2, 0.25) is 10.0 Å². The molecule has 2 rings (SSSR count). The highest BCUT2D eigenvalue weighted by Crippen LogP contribution is 2.20. The molecule has 0 aromatic heterocycles. The van der Waals surface area contributed by atoms with Crippen molar-refractivity contribution in [3.8, 4) is 0 Å². The Labute approximate surface area is 187 Å². The monoisotopic (exact) mass is 469 g/mol. The highest BCUT2D eigenvalue weighted by Gasteiger charge is 2.19. The number of amides is 3. The smallest absolute Gasteiger partial charge is 0.326 e. The normalized spacial score (nSPS) is 11.2. The first-order valence-corrected chi connectivity index (χ1v) is 9.67. The molecule has 0 saturated carbocycles. The third kappa shape index (κ3) is 7.54. The lowest BCUT2D eigenvalue weighted by molar-refractivity contribution is -0.152. The van der Waals surface area contributed by atoms with Gasteiger partial charge in [-0.05, 0) is 37.3 Å². The van der Waals surface area contributed by atoms with Crippen molar-refractivity contribution in [3.05, 3.63) is 63.9 Å². The van der Waals surface area contributed by atoms with Gasteiger partial charge >= 0.3 is 5.97 Å². The van der Waals surface area contributed by atoms with E-state index in [2.05, 4.69) is 16.0 Å². The number of esters is 1. The van der Waals surface area contributed by atoms with Crippen LogP contribution in [0.3, 0.4) is 0 Å². The summed E-state index contributed by atoms with van der Waals surface area (Å²) in [6, 6.07) is 9.78. The van der Waals surface area contributed by atoms with Gasteiger partial charge in [-0.15, -0.1) is 0 Å². The Hall–Kier alpha value is -3.17. The summed E-state index contributed by atoms with van der Waals surface area (Å²) in [5, 5.41) is 7.36. The second-order valence-corrected chi connectivity index (χ2v) is 7.03. The number of benzene rings is 2. The van der Waals surface area contributed by atoms with Crippen LogP contribution < -0.4 is 16.0 Å².